The summed E-state index contributed by atoms with van der Waals surface area (Å²) in [6.45, 7) is 1.24. The van der Waals surface area contributed by atoms with E-state index < -0.39 is 0 Å². The Labute approximate surface area is 92.8 Å². The van der Waals surface area contributed by atoms with Gasteiger partial charge in [-0.15, -0.1) is 0 Å². The topological polar surface area (TPSA) is 44.5 Å². The Morgan fingerprint density at radius 2 is 2.00 bits per heavy atom. The highest BCUT2D eigenvalue weighted by Crippen LogP contribution is 2.29. The Morgan fingerprint density at radius 3 is 2.75 bits per heavy atom. The van der Waals surface area contributed by atoms with E-state index in [1.165, 1.54) is 0 Å². The number of rotatable bonds is 2. The Bertz CT molecular complexity index is 460. The van der Waals surface area contributed by atoms with E-state index in [0.29, 0.717) is 19.0 Å². The zero-order chi connectivity index (χ0) is 10.8. The van der Waals surface area contributed by atoms with Crippen LogP contribution in [0.4, 0.5) is 0 Å². The van der Waals surface area contributed by atoms with Crippen molar-refractivity contribution in [3.8, 4) is 11.3 Å². The molecule has 1 aliphatic rings. The first-order valence-corrected chi connectivity index (χ1v) is 5.17. The molecule has 3 heterocycles. The van der Waals surface area contributed by atoms with Crippen LogP contribution in [0, 0.1) is 0 Å². The summed E-state index contributed by atoms with van der Waals surface area (Å²) < 4.78 is 16.4. The molecule has 0 spiro atoms. The Morgan fingerprint density at radius 1 is 1.12 bits per heavy atom. The Kier molecular flexibility index (Phi) is 2.44. The van der Waals surface area contributed by atoms with Gasteiger partial charge in [0, 0.05) is 18.0 Å². The molecule has 0 unspecified atom stereocenters. The minimum atomic E-state index is -0.356. The van der Waals surface area contributed by atoms with Crippen LogP contribution in [-0.2, 0) is 9.47 Å². The van der Waals surface area contributed by atoms with E-state index in [9.17, 15) is 0 Å². The molecule has 1 saturated heterocycles. The molecule has 0 amide bonds. The van der Waals surface area contributed by atoms with Crippen molar-refractivity contribution in [1.82, 2.24) is 4.98 Å². The average molecular weight is 217 g/mol. The predicted octanol–water partition coefficient (Wildman–Crippen LogP) is 2.39. The standard InChI is InChI=1S/C12H11NO3/c1-2-9(8-13-5-1)10-3-4-11(16-10)12-14-6-7-15-12/h1-5,8,12H,6-7H2. The van der Waals surface area contributed by atoms with Crippen LogP contribution in [0.3, 0.4) is 0 Å². The summed E-state index contributed by atoms with van der Waals surface area (Å²) >= 11 is 0. The van der Waals surface area contributed by atoms with E-state index in [-0.39, 0.29) is 6.29 Å². The summed E-state index contributed by atoms with van der Waals surface area (Å²) in [4.78, 5) is 4.05. The first kappa shape index (κ1) is 9.57. The number of aromatic nitrogens is 1. The third-order valence-corrected chi connectivity index (χ3v) is 2.43. The van der Waals surface area contributed by atoms with Crippen LogP contribution in [0.1, 0.15) is 12.1 Å². The molecular formula is C12H11NO3. The first-order chi connectivity index (χ1) is 7.93. The van der Waals surface area contributed by atoms with Crippen molar-refractivity contribution < 1.29 is 13.9 Å². The maximum Gasteiger partial charge on any atom is 0.217 e. The number of ether oxygens (including phenoxy) is 2. The van der Waals surface area contributed by atoms with Gasteiger partial charge in [-0.05, 0) is 24.3 Å². The second-order valence-electron chi connectivity index (χ2n) is 3.52. The van der Waals surface area contributed by atoms with Crippen LogP contribution in [0.15, 0.2) is 41.1 Å². The quantitative estimate of drug-likeness (QED) is 0.774. The molecule has 0 bridgehead atoms. The Hall–Kier alpha value is -1.65. The molecule has 0 aliphatic carbocycles. The third kappa shape index (κ3) is 1.73. The highest BCUT2D eigenvalue weighted by Gasteiger charge is 2.21. The van der Waals surface area contributed by atoms with Crippen molar-refractivity contribution in [2.24, 2.45) is 0 Å². The highest BCUT2D eigenvalue weighted by atomic mass is 16.7. The molecular weight excluding hydrogens is 206 g/mol. The molecule has 1 fully saturated rings. The molecule has 82 valence electrons. The number of hydrogen-bond donors (Lipinski definition) is 0. The fourth-order valence-electron chi connectivity index (χ4n) is 1.67. The molecule has 0 radical (unpaired) electrons. The van der Waals surface area contributed by atoms with Gasteiger partial charge in [0.1, 0.15) is 5.76 Å². The van der Waals surface area contributed by atoms with Gasteiger partial charge >= 0.3 is 0 Å². The minimum Gasteiger partial charge on any atom is -0.456 e. The zero-order valence-electron chi connectivity index (χ0n) is 8.63. The number of pyridine rings is 1. The molecule has 4 nitrogen and oxygen atoms in total. The lowest BCUT2D eigenvalue weighted by atomic mass is 10.2. The lowest BCUT2D eigenvalue weighted by Gasteiger charge is -2.04. The van der Waals surface area contributed by atoms with E-state index in [0.717, 1.165) is 11.3 Å². The van der Waals surface area contributed by atoms with Crippen molar-refractivity contribution in [3.63, 3.8) is 0 Å². The Balaban J connectivity index is 1.87. The van der Waals surface area contributed by atoms with Gasteiger partial charge in [0.25, 0.3) is 0 Å². The molecule has 0 saturated carbocycles. The van der Waals surface area contributed by atoms with Gasteiger partial charge in [-0.1, -0.05) is 0 Å². The molecule has 2 aromatic heterocycles. The summed E-state index contributed by atoms with van der Waals surface area (Å²) in [5.74, 6) is 1.48. The van der Waals surface area contributed by atoms with E-state index >= 15 is 0 Å². The van der Waals surface area contributed by atoms with Crippen molar-refractivity contribution in [1.29, 1.82) is 0 Å². The summed E-state index contributed by atoms with van der Waals surface area (Å²) in [7, 11) is 0. The molecule has 16 heavy (non-hydrogen) atoms. The summed E-state index contributed by atoms with van der Waals surface area (Å²) in [5, 5.41) is 0. The fraction of sp³-hybridized carbons (Fsp3) is 0.250. The first-order valence-electron chi connectivity index (χ1n) is 5.17. The largest absolute Gasteiger partial charge is 0.456 e. The lowest BCUT2D eigenvalue weighted by Crippen LogP contribution is -1.94. The van der Waals surface area contributed by atoms with Gasteiger partial charge in [0.2, 0.25) is 6.29 Å². The van der Waals surface area contributed by atoms with Crippen LogP contribution in [-0.4, -0.2) is 18.2 Å². The molecule has 3 rings (SSSR count). The number of hydrogen-bond acceptors (Lipinski definition) is 4. The van der Waals surface area contributed by atoms with Crippen molar-refractivity contribution >= 4 is 0 Å². The molecule has 0 N–H and O–H groups in total. The summed E-state index contributed by atoms with van der Waals surface area (Å²) in [5.41, 5.74) is 0.951. The molecule has 1 aliphatic heterocycles. The van der Waals surface area contributed by atoms with Gasteiger partial charge < -0.3 is 13.9 Å². The van der Waals surface area contributed by atoms with E-state index in [1.807, 2.05) is 24.3 Å². The second kappa shape index (κ2) is 4.08. The number of furan rings is 1. The summed E-state index contributed by atoms with van der Waals surface area (Å²) in [6.07, 6.45) is 3.14. The van der Waals surface area contributed by atoms with Crippen LogP contribution in [0.2, 0.25) is 0 Å². The van der Waals surface area contributed by atoms with Crippen molar-refractivity contribution in [2.75, 3.05) is 13.2 Å². The maximum atomic E-state index is 5.66. The third-order valence-electron chi connectivity index (χ3n) is 2.43. The maximum absolute atomic E-state index is 5.66. The van der Waals surface area contributed by atoms with Gasteiger partial charge in [-0.25, -0.2) is 0 Å². The molecule has 2 aromatic rings. The average Bonchev–Trinajstić information content (AvgIpc) is 3.01. The van der Waals surface area contributed by atoms with Gasteiger partial charge in [0.15, 0.2) is 5.76 Å². The van der Waals surface area contributed by atoms with Gasteiger partial charge in [0.05, 0.1) is 13.2 Å². The zero-order valence-corrected chi connectivity index (χ0v) is 8.63. The van der Waals surface area contributed by atoms with Crippen LogP contribution in [0.25, 0.3) is 11.3 Å². The lowest BCUT2D eigenvalue weighted by molar-refractivity contribution is -0.0585. The predicted molar refractivity (Wildman–Crippen MR) is 56.6 cm³/mol. The molecule has 0 atom stereocenters. The van der Waals surface area contributed by atoms with Crippen LogP contribution >= 0.6 is 0 Å². The van der Waals surface area contributed by atoms with Crippen LogP contribution in [0.5, 0.6) is 0 Å². The van der Waals surface area contributed by atoms with E-state index in [4.69, 9.17) is 13.9 Å². The SMILES string of the molecule is c1cncc(-c2ccc(C3OCCO3)o2)c1. The van der Waals surface area contributed by atoms with Crippen LogP contribution < -0.4 is 0 Å². The summed E-state index contributed by atoms with van der Waals surface area (Å²) in [6, 6.07) is 7.60. The monoisotopic (exact) mass is 217 g/mol. The van der Waals surface area contributed by atoms with E-state index in [2.05, 4.69) is 4.98 Å². The van der Waals surface area contributed by atoms with Gasteiger partial charge in [-0.2, -0.15) is 0 Å². The number of nitrogens with zero attached hydrogens (tertiary/aromatic N) is 1. The minimum absolute atomic E-state index is 0.356. The van der Waals surface area contributed by atoms with Crippen molar-refractivity contribution in [2.45, 2.75) is 6.29 Å². The highest BCUT2D eigenvalue weighted by molar-refractivity contribution is 5.55. The molecule has 4 heteroatoms. The van der Waals surface area contributed by atoms with Crippen molar-refractivity contribution in [3.05, 3.63) is 42.4 Å². The van der Waals surface area contributed by atoms with E-state index in [1.54, 1.807) is 12.4 Å². The fourth-order valence-corrected chi connectivity index (χ4v) is 1.67. The smallest absolute Gasteiger partial charge is 0.217 e. The van der Waals surface area contributed by atoms with Gasteiger partial charge in [-0.3, -0.25) is 4.98 Å². The second-order valence-corrected chi connectivity index (χ2v) is 3.52. The normalized spacial score (nSPS) is 16.8. The molecule has 0 aromatic carbocycles.